The molecule has 4 aliphatic carbocycles. The van der Waals surface area contributed by atoms with Gasteiger partial charge in [-0.15, -0.1) is 5.10 Å². The van der Waals surface area contributed by atoms with Crippen molar-refractivity contribution in [3.05, 3.63) is 11.9 Å². The summed E-state index contributed by atoms with van der Waals surface area (Å²) in [6.45, 7) is 0. The zero-order chi connectivity index (χ0) is 13.7. The van der Waals surface area contributed by atoms with Crippen LogP contribution in [0.3, 0.4) is 0 Å². The van der Waals surface area contributed by atoms with Crippen LogP contribution in [-0.2, 0) is 13.5 Å². The number of nitrogens with one attached hydrogen (secondary N) is 1. The number of hydrogen-bond donors (Lipinski definition) is 1. The maximum absolute atomic E-state index is 4.30. The average Bonchev–Trinajstić information content (AvgIpc) is 2.80. The minimum atomic E-state index is 0.543. The lowest BCUT2D eigenvalue weighted by atomic mass is 9.47. The lowest BCUT2D eigenvalue weighted by molar-refractivity contribution is -0.0725. The quantitative estimate of drug-likeness (QED) is 0.915. The van der Waals surface area contributed by atoms with Crippen molar-refractivity contribution in [2.75, 3.05) is 7.05 Å². The Labute approximate surface area is 121 Å². The average molecular weight is 274 g/mol. The molecule has 4 aliphatic rings. The molecule has 5 rings (SSSR count). The van der Waals surface area contributed by atoms with Gasteiger partial charge in [0.25, 0.3) is 0 Å². The van der Waals surface area contributed by atoms with Gasteiger partial charge in [0.05, 0.1) is 5.69 Å². The summed E-state index contributed by atoms with van der Waals surface area (Å²) in [6.07, 6.45) is 12.0. The van der Waals surface area contributed by atoms with Gasteiger partial charge in [0.1, 0.15) is 0 Å². The molecule has 110 valence electrons. The maximum Gasteiger partial charge on any atom is 0.0842 e. The van der Waals surface area contributed by atoms with Gasteiger partial charge in [0.2, 0.25) is 0 Å². The molecule has 4 heteroatoms. The van der Waals surface area contributed by atoms with Crippen molar-refractivity contribution in [3.63, 3.8) is 0 Å². The minimum Gasteiger partial charge on any atom is -0.316 e. The summed E-state index contributed by atoms with van der Waals surface area (Å²) < 4.78 is 1.82. The van der Waals surface area contributed by atoms with Crippen molar-refractivity contribution < 1.29 is 0 Å². The molecule has 0 aliphatic heterocycles. The molecule has 0 aromatic carbocycles. The molecule has 0 saturated heterocycles. The summed E-state index contributed by atoms with van der Waals surface area (Å²) in [5, 5.41) is 12.0. The largest absolute Gasteiger partial charge is 0.316 e. The van der Waals surface area contributed by atoms with Gasteiger partial charge in [0, 0.05) is 25.7 Å². The third kappa shape index (κ3) is 2.00. The molecule has 1 N–H and O–H groups in total. The standard InChI is InChI=1S/C16H26N4/c1-17-15(6-14-10-20(2)19-18-14)16-7-11-3-12(8-16)5-13(4-11)9-16/h10-13,15,17H,3-9H2,1-2H3. The van der Waals surface area contributed by atoms with Crippen LogP contribution >= 0.6 is 0 Å². The van der Waals surface area contributed by atoms with Gasteiger partial charge in [-0.1, -0.05) is 5.21 Å². The van der Waals surface area contributed by atoms with Crippen LogP contribution in [0.4, 0.5) is 0 Å². The van der Waals surface area contributed by atoms with E-state index in [-0.39, 0.29) is 0 Å². The molecule has 1 heterocycles. The summed E-state index contributed by atoms with van der Waals surface area (Å²) >= 11 is 0. The third-order valence-corrected chi connectivity index (χ3v) is 6.24. The summed E-state index contributed by atoms with van der Waals surface area (Å²) in [4.78, 5) is 0. The van der Waals surface area contributed by atoms with E-state index in [0.717, 1.165) is 29.9 Å². The van der Waals surface area contributed by atoms with Crippen LogP contribution in [0.2, 0.25) is 0 Å². The molecule has 1 atom stereocenters. The van der Waals surface area contributed by atoms with Gasteiger partial charge in [-0.3, -0.25) is 4.68 Å². The molecule has 1 aromatic rings. The molecule has 4 saturated carbocycles. The smallest absolute Gasteiger partial charge is 0.0842 e. The molecule has 0 amide bonds. The summed E-state index contributed by atoms with van der Waals surface area (Å²) in [6, 6.07) is 0.576. The number of rotatable bonds is 4. The van der Waals surface area contributed by atoms with E-state index in [1.807, 2.05) is 11.7 Å². The molecular weight excluding hydrogens is 248 g/mol. The third-order valence-electron chi connectivity index (χ3n) is 6.24. The zero-order valence-electron chi connectivity index (χ0n) is 12.7. The maximum atomic E-state index is 4.30. The second kappa shape index (κ2) is 4.55. The van der Waals surface area contributed by atoms with E-state index in [0.29, 0.717) is 11.5 Å². The number of aryl methyl sites for hydroxylation is 1. The Balaban J connectivity index is 1.57. The van der Waals surface area contributed by atoms with Crippen LogP contribution in [0.15, 0.2) is 6.20 Å². The number of aromatic nitrogens is 3. The zero-order valence-corrected chi connectivity index (χ0v) is 12.7. The lowest BCUT2D eigenvalue weighted by Crippen LogP contribution is -2.56. The Morgan fingerprint density at radius 2 is 1.85 bits per heavy atom. The molecule has 1 unspecified atom stereocenters. The normalized spacial score (nSPS) is 40.2. The van der Waals surface area contributed by atoms with E-state index in [9.17, 15) is 0 Å². The van der Waals surface area contributed by atoms with E-state index >= 15 is 0 Å². The highest BCUT2D eigenvalue weighted by molar-refractivity contribution is 5.09. The Bertz CT molecular complexity index is 457. The van der Waals surface area contributed by atoms with Gasteiger partial charge >= 0.3 is 0 Å². The Hall–Kier alpha value is -0.900. The monoisotopic (exact) mass is 274 g/mol. The van der Waals surface area contributed by atoms with Crippen LogP contribution in [-0.4, -0.2) is 28.1 Å². The van der Waals surface area contributed by atoms with Gasteiger partial charge in [-0.05, 0) is 68.7 Å². The van der Waals surface area contributed by atoms with Crippen molar-refractivity contribution in [1.82, 2.24) is 20.3 Å². The topological polar surface area (TPSA) is 42.7 Å². The second-order valence-electron chi connectivity index (χ2n) is 7.71. The highest BCUT2D eigenvalue weighted by atomic mass is 15.4. The van der Waals surface area contributed by atoms with Crippen LogP contribution in [0.5, 0.6) is 0 Å². The molecule has 0 spiro atoms. The van der Waals surface area contributed by atoms with Gasteiger partial charge in [-0.25, -0.2) is 0 Å². The highest BCUT2D eigenvalue weighted by Gasteiger charge is 2.53. The molecule has 4 bridgehead atoms. The van der Waals surface area contributed by atoms with Crippen molar-refractivity contribution in [2.45, 2.75) is 51.0 Å². The van der Waals surface area contributed by atoms with Gasteiger partial charge < -0.3 is 5.32 Å². The van der Waals surface area contributed by atoms with E-state index < -0.39 is 0 Å². The van der Waals surface area contributed by atoms with E-state index in [1.54, 1.807) is 0 Å². The SMILES string of the molecule is CNC(Cc1cn(C)nn1)C12CC3CC(CC(C3)C1)C2. The summed E-state index contributed by atoms with van der Waals surface area (Å²) in [5.74, 6) is 3.04. The van der Waals surface area contributed by atoms with E-state index in [2.05, 4.69) is 28.9 Å². The molecule has 0 radical (unpaired) electrons. The Morgan fingerprint density at radius 1 is 1.25 bits per heavy atom. The Kier molecular flexibility index (Phi) is 2.92. The first-order valence-corrected chi connectivity index (χ1v) is 8.19. The minimum absolute atomic E-state index is 0.543. The first-order valence-electron chi connectivity index (χ1n) is 8.19. The predicted octanol–water partition coefficient (Wildman–Crippen LogP) is 2.16. The number of nitrogens with zero attached hydrogens (tertiary/aromatic N) is 3. The number of hydrogen-bond acceptors (Lipinski definition) is 3. The van der Waals surface area contributed by atoms with Crippen molar-refractivity contribution >= 4 is 0 Å². The summed E-state index contributed by atoms with van der Waals surface area (Å²) in [7, 11) is 4.09. The predicted molar refractivity (Wildman–Crippen MR) is 78.2 cm³/mol. The van der Waals surface area contributed by atoms with Crippen LogP contribution < -0.4 is 5.32 Å². The van der Waals surface area contributed by atoms with Crippen molar-refractivity contribution in [3.8, 4) is 0 Å². The highest BCUT2D eigenvalue weighted by Crippen LogP contribution is 2.61. The first kappa shape index (κ1) is 12.8. The van der Waals surface area contributed by atoms with Crippen LogP contribution in [0, 0.1) is 23.2 Å². The fraction of sp³-hybridized carbons (Fsp3) is 0.875. The molecule has 4 nitrogen and oxygen atoms in total. The van der Waals surface area contributed by atoms with Crippen molar-refractivity contribution in [2.24, 2.45) is 30.2 Å². The van der Waals surface area contributed by atoms with E-state index in [1.165, 1.54) is 38.5 Å². The van der Waals surface area contributed by atoms with Crippen LogP contribution in [0.1, 0.15) is 44.2 Å². The fourth-order valence-corrected chi connectivity index (χ4v) is 5.93. The molecular formula is C16H26N4. The molecule has 4 fully saturated rings. The summed E-state index contributed by atoms with van der Waals surface area (Å²) in [5.41, 5.74) is 1.68. The fourth-order valence-electron chi connectivity index (χ4n) is 5.93. The van der Waals surface area contributed by atoms with Crippen molar-refractivity contribution in [1.29, 1.82) is 0 Å². The Morgan fingerprint density at radius 3 is 2.30 bits per heavy atom. The first-order chi connectivity index (χ1) is 9.67. The number of likely N-dealkylation sites (N-methyl/N-ethyl adjacent to an activating group) is 1. The van der Waals surface area contributed by atoms with Gasteiger partial charge in [-0.2, -0.15) is 0 Å². The van der Waals surface area contributed by atoms with Gasteiger partial charge in [0.15, 0.2) is 0 Å². The van der Waals surface area contributed by atoms with Crippen LogP contribution in [0.25, 0.3) is 0 Å². The van der Waals surface area contributed by atoms with E-state index in [4.69, 9.17) is 0 Å². The molecule has 20 heavy (non-hydrogen) atoms. The lowest BCUT2D eigenvalue weighted by Gasteiger charge is -2.59. The molecule has 1 aromatic heterocycles. The second-order valence-corrected chi connectivity index (χ2v) is 7.71.